The number of pyridine rings is 1. The highest BCUT2D eigenvalue weighted by Gasteiger charge is 2.27. The largest absolute Gasteiger partial charge is 0.384 e. The number of amides is 1. The molecule has 0 unspecified atom stereocenters. The van der Waals surface area contributed by atoms with Gasteiger partial charge in [0.05, 0.1) is 0 Å². The number of hydrogen-bond acceptors (Lipinski definition) is 4. The van der Waals surface area contributed by atoms with E-state index in [4.69, 9.17) is 0 Å². The molecule has 1 aromatic heterocycles. The zero-order chi connectivity index (χ0) is 13.7. The van der Waals surface area contributed by atoms with Gasteiger partial charge in [-0.1, -0.05) is 6.92 Å². The number of likely N-dealkylation sites (N-methyl/N-ethyl adjacent to an activating group) is 1. The first-order chi connectivity index (χ1) is 9.24. The quantitative estimate of drug-likeness (QED) is 0.778. The van der Waals surface area contributed by atoms with Crippen LogP contribution in [0, 0.1) is 0 Å². The first-order valence-electron chi connectivity index (χ1n) is 6.90. The van der Waals surface area contributed by atoms with Gasteiger partial charge in [0, 0.05) is 38.1 Å². The van der Waals surface area contributed by atoms with E-state index in [9.17, 15) is 4.79 Å². The van der Waals surface area contributed by atoms with Crippen molar-refractivity contribution < 1.29 is 4.79 Å². The van der Waals surface area contributed by atoms with E-state index < -0.39 is 0 Å². The second-order valence-corrected chi connectivity index (χ2v) is 4.80. The maximum absolute atomic E-state index is 11.5. The minimum atomic E-state index is -0.156. The van der Waals surface area contributed by atoms with Gasteiger partial charge in [0.1, 0.15) is 5.69 Å². The van der Waals surface area contributed by atoms with Crippen LogP contribution in [-0.2, 0) is 0 Å². The Bertz CT molecular complexity index is 431. The molecule has 0 atom stereocenters. The summed E-state index contributed by atoms with van der Waals surface area (Å²) in [4.78, 5) is 18.0. The molecule has 0 bridgehead atoms. The summed E-state index contributed by atoms with van der Waals surface area (Å²) < 4.78 is 0. The summed E-state index contributed by atoms with van der Waals surface area (Å²) in [7, 11) is 1.61. The van der Waals surface area contributed by atoms with Crippen LogP contribution in [0.4, 0.5) is 5.69 Å². The fourth-order valence-corrected chi connectivity index (χ4v) is 2.18. The molecule has 1 fully saturated rings. The number of aromatic nitrogens is 1. The normalized spacial score (nSPS) is 14.5. The van der Waals surface area contributed by atoms with E-state index in [0.717, 1.165) is 31.4 Å². The minimum absolute atomic E-state index is 0.156. The van der Waals surface area contributed by atoms with Gasteiger partial charge in [-0.05, 0) is 31.5 Å². The van der Waals surface area contributed by atoms with Crippen molar-refractivity contribution in [2.24, 2.45) is 0 Å². The Morgan fingerprint density at radius 1 is 1.53 bits per heavy atom. The maximum Gasteiger partial charge on any atom is 0.269 e. The van der Waals surface area contributed by atoms with Gasteiger partial charge in [0.15, 0.2) is 0 Å². The lowest BCUT2D eigenvalue weighted by atomic mass is 10.3. The molecule has 0 aromatic carbocycles. The Balaban J connectivity index is 1.83. The van der Waals surface area contributed by atoms with Crippen LogP contribution >= 0.6 is 0 Å². The fraction of sp³-hybridized carbons (Fsp3) is 0.571. The van der Waals surface area contributed by atoms with Gasteiger partial charge in [0.2, 0.25) is 0 Å². The second kappa shape index (κ2) is 6.52. The lowest BCUT2D eigenvalue weighted by molar-refractivity contribution is 0.0958. The standard InChI is InChI=1S/C14H22N4O/c1-3-18(12-4-5-12)9-8-16-11-6-7-17-13(10-11)14(19)15-2/h6-7,10,12H,3-5,8-9H2,1-2H3,(H,15,19)(H,16,17). The number of rotatable bonds is 7. The van der Waals surface area contributed by atoms with Gasteiger partial charge >= 0.3 is 0 Å². The van der Waals surface area contributed by atoms with Gasteiger partial charge in [0.25, 0.3) is 5.91 Å². The Morgan fingerprint density at radius 3 is 2.95 bits per heavy atom. The zero-order valence-electron chi connectivity index (χ0n) is 11.6. The molecule has 1 heterocycles. The number of carbonyl (C=O) groups excluding carboxylic acids is 1. The lowest BCUT2D eigenvalue weighted by Crippen LogP contribution is -2.30. The fourth-order valence-electron chi connectivity index (χ4n) is 2.18. The molecule has 0 saturated heterocycles. The van der Waals surface area contributed by atoms with Crippen molar-refractivity contribution in [3.05, 3.63) is 24.0 Å². The summed E-state index contributed by atoms with van der Waals surface area (Å²) in [6.07, 6.45) is 4.33. The number of carbonyl (C=O) groups is 1. The van der Waals surface area contributed by atoms with Crippen LogP contribution in [0.25, 0.3) is 0 Å². The Morgan fingerprint density at radius 2 is 2.32 bits per heavy atom. The molecule has 1 amide bonds. The Labute approximate surface area is 114 Å². The maximum atomic E-state index is 11.5. The SMILES string of the molecule is CCN(CCNc1ccnc(C(=O)NC)c1)C1CC1. The van der Waals surface area contributed by atoms with Crippen LogP contribution in [0.2, 0.25) is 0 Å². The summed E-state index contributed by atoms with van der Waals surface area (Å²) in [6.45, 7) is 5.24. The van der Waals surface area contributed by atoms with E-state index >= 15 is 0 Å². The third kappa shape index (κ3) is 3.92. The average Bonchev–Trinajstić information content (AvgIpc) is 3.27. The second-order valence-electron chi connectivity index (χ2n) is 4.80. The van der Waals surface area contributed by atoms with E-state index in [-0.39, 0.29) is 5.91 Å². The smallest absolute Gasteiger partial charge is 0.269 e. The van der Waals surface area contributed by atoms with Crippen LogP contribution < -0.4 is 10.6 Å². The first-order valence-corrected chi connectivity index (χ1v) is 6.90. The highest BCUT2D eigenvalue weighted by molar-refractivity contribution is 5.92. The van der Waals surface area contributed by atoms with E-state index in [1.165, 1.54) is 12.8 Å². The van der Waals surface area contributed by atoms with Crippen LogP contribution in [0.1, 0.15) is 30.3 Å². The molecule has 5 heteroatoms. The summed E-state index contributed by atoms with van der Waals surface area (Å²) in [6, 6.07) is 4.47. The van der Waals surface area contributed by atoms with Crippen LogP contribution in [0.5, 0.6) is 0 Å². The molecule has 104 valence electrons. The molecular weight excluding hydrogens is 240 g/mol. The van der Waals surface area contributed by atoms with Gasteiger partial charge < -0.3 is 10.6 Å². The van der Waals surface area contributed by atoms with Gasteiger partial charge in [-0.2, -0.15) is 0 Å². The number of nitrogens with zero attached hydrogens (tertiary/aromatic N) is 2. The summed E-state index contributed by atoms with van der Waals surface area (Å²) >= 11 is 0. The van der Waals surface area contributed by atoms with Crippen molar-refractivity contribution in [3.8, 4) is 0 Å². The van der Waals surface area contributed by atoms with Gasteiger partial charge in [-0.3, -0.25) is 14.7 Å². The Kier molecular flexibility index (Phi) is 4.74. The monoisotopic (exact) mass is 262 g/mol. The highest BCUT2D eigenvalue weighted by Crippen LogP contribution is 2.25. The molecule has 1 saturated carbocycles. The van der Waals surface area contributed by atoms with Gasteiger partial charge in [-0.25, -0.2) is 0 Å². The topological polar surface area (TPSA) is 57.3 Å². The predicted octanol–water partition coefficient (Wildman–Crippen LogP) is 1.34. The zero-order valence-corrected chi connectivity index (χ0v) is 11.6. The Hall–Kier alpha value is -1.62. The molecule has 1 aliphatic carbocycles. The van der Waals surface area contributed by atoms with Crippen molar-refractivity contribution in [2.75, 3.05) is 32.0 Å². The molecule has 2 rings (SSSR count). The molecule has 5 nitrogen and oxygen atoms in total. The molecule has 2 N–H and O–H groups in total. The van der Waals surface area contributed by atoms with Crippen LogP contribution in [-0.4, -0.2) is 48.5 Å². The van der Waals surface area contributed by atoms with Crippen molar-refractivity contribution in [1.29, 1.82) is 0 Å². The molecule has 0 spiro atoms. The van der Waals surface area contributed by atoms with Crippen LogP contribution in [0.15, 0.2) is 18.3 Å². The van der Waals surface area contributed by atoms with Crippen molar-refractivity contribution >= 4 is 11.6 Å². The number of hydrogen-bond donors (Lipinski definition) is 2. The van der Waals surface area contributed by atoms with E-state index in [0.29, 0.717) is 5.69 Å². The summed E-state index contributed by atoms with van der Waals surface area (Å²) in [5.41, 5.74) is 1.39. The molecule has 19 heavy (non-hydrogen) atoms. The van der Waals surface area contributed by atoms with Crippen molar-refractivity contribution in [1.82, 2.24) is 15.2 Å². The van der Waals surface area contributed by atoms with Crippen LogP contribution in [0.3, 0.4) is 0 Å². The van der Waals surface area contributed by atoms with Crippen molar-refractivity contribution in [3.63, 3.8) is 0 Å². The first kappa shape index (κ1) is 13.8. The highest BCUT2D eigenvalue weighted by atomic mass is 16.1. The van der Waals surface area contributed by atoms with E-state index in [2.05, 4.69) is 27.4 Å². The molecule has 0 radical (unpaired) electrons. The summed E-state index contributed by atoms with van der Waals surface area (Å²) in [5.74, 6) is -0.156. The van der Waals surface area contributed by atoms with E-state index in [1.807, 2.05) is 6.07 Å². The predicted molar refractivity (Wildman–Crippen MR) is 76.4 cm³/mol. The molecule has 1 aliphatic rings. The lowest BCUT2D eigenvalue weighted by Gasteiger charge is -2.20. The van der Waals surface area contributed by atoms with Crippen molar-refractivity contribution in [2.45, 2.75) is 25.8 Å². The average molecular weight is 262 g/mol. The molecular formula is C14H22N4O. The number of nitrogens with one attached hydrogen (secondary N) is 2. The summed E-state index contributed by atoms with van der Waals surface area (Å²) in [5, 5.41) is 5.93. The number of anilines is 1. The third-order valence-corrected chi connectivity index (χ3v) is 3.42. The minimum Gasteiger partial charge on any atom is -0.384 e. The van der Waals surface area contributed by atoms with Gasteiger partial charge in [-0.15, -0.1) is 0 Å². The van der Waals surface area contributed by atoms with E-state index in [1.54, 1.807) is 19.3 Å². The molecule has 1 aromatic rings. The molecule has 0 aliphatic heterocycles. The third-order valence-electron chi connectivity index (χ3n) is 3.42.